The van der Waals surface area contributed by atoms with Gasteiger partial charge in [0.2, 0.25) is 15.9 Å². The van der Waals surface area contributed by atoms with Crippen LogP contribution in [0.5, 0.6) is 0 Å². The quantitative estimate of drug-likeness (QED) is 0.414. The Morgan fingerprint density at radius 1 is 1.00 bits per heavy atom. The average Bonchev–Trinajstić information content (AvgIpc) is 2.75. The van der Waals surface area contributed by atoms with Gasteiger partial charge in [0.15, 0.2) is 0 Å². The zero-order chi connectivity index (χ0) is 23.3. The second-order valence-corrected chi connectivity index (χ2v) is 9.28. The summed E-state index contributed by atoms with van der Waals surface area (Å²) >= 11 is 0. The molecule has 0 aliphatic heterocycles. The Balaban J connectivity index is 1.91. The molecule has 1 unspecified atom stereocenters. The van der Waals surface area contributed by atoms with Gasteiger partial charge in [-0.25, -0.2) is 8.42 Å². The summed E-state index contributed by atoms with van der Waals surface area (Å²) in [5, 5.41) is 14.0. The molecule has 1 amide bonds. The first-order valence-corrected chi connectivity index (χ1v) is 11.6. The minimum absolute atomic E-state index is 0.0451. The number of nitrogens with zero attached hydrogens (tertiary/aromatic N) is 2. The van der Waals surface area contributed by atoms with Gasteiger partial charge in [0, 0.05) is 12.1 Å². The van der Waals surface area contributed by atoms with Gasteiger partial charge in [-0.3, -0.25) is 19.2 Å². The van der Waals surface area contributed by atoms with Crippen LogP contribution in [0.3, 0.4) is 0 Å². The fraction of sp³-hybridized carbons (Fsp3) is 0.174. The lowest BCUT2D eigenvalue weighted by Gasteiger charge is -2.25. The lowest BCUT2D eigenvalue weighted by Crippen LogP contribution is -2.41. The minimum atomic E-state index is -3.88. The number of aryl methyl sites for hydroxylation is 1. The molecule has 3 rings (SSSR count). The SMILES string of the molecule is Cc1cccc(C(NC(=O)CN(c2cccc([N+](=O)[O-])c2)S(C)(=O)=O)c2ccccc2)c1. The molecule has 0 aromatic heterocycles. The monoisotopic (exact) mass is 453 g/mol. The molecule has 3 aromatic rings. The summed E-state index contributed by atoms with van der Waals surface area (Å²) in [5.41, 5.74) is 2.49. The number of carbonyl (C=O) groups is 1. The number of non-ortho nitro benzene ring substituents is 1. The summed E-state index contributed by atoms with van der Waals surface area (Å²) in [6.45, 7) is 1.43. The average molecular weight is 454 g/mol. The first-order chi connectivity index (χ1) is 15.1. The van der Waals surface area contributed by atoms with Crippen molar-refractivity contribution >= 4 is 27.3 Å². The maximum Gasteiger partial charge on any atom is 0.271 e. The van der Waals surface area contributed by atoms with Crippen LogP contribution in [0.15, 0.2) is 78.9 Å². The predicted molar refractivity (Wildman–Crippen MR) is 123 cm³/mol. The lowest BCUT2D eigenvalue weighted by molar-refractivity contribution is -0.384. The zero-order valence-corrected chi connectivity index (χ0v) is 18.5. The molecule has 166 valence electrons. The number of nitro groups is 1. The molecule has 0 spiro atoms. The topological polar surface area (TPSA) is 110 Å². The predicted octanol–water partition coefficient (Wildman–Crippen LogP) is 3.58. The first kappa shape index (κ1) is 23.0. The number of nitrogens with one attached hydrogen (secondary N) is 1. The molecule has 0 saturated heterocycles. The summed E-state index contributed by atoms with van der Waals surface area (Å²) in [6.07, 6.45) is 0.953. The molecular weight excluding hydrogens is 430 g/mol. The van der Waals surface area contributed by atoms with Crippen LogP contribution in [-0.2, 0) is 14.8 Å². The fourth-order valence-corrected chi connectivity index (χ4v) is 4.20. The van der Waals surface area contributed by atoms with Crippen LogP contribution in [0.25, 0.3) is 0 Å². The van der Waals surface area contributed by atoms with E-state index in [2.05, 4.69) is 5.32 Å². The molecule has 0 saturated carbocycles. The van der Waals surface area contributed by atoms with E-state index in [9.17, 15) is 23.3 Å². The van der Waals surface area contributed by atoms with Crippen molar-refractivity contribution in [3.8, 4) is 0 Å². The molecule has 3 aromatic carbocycles. The summed E-state index contributed by atoms with van der Waals surface area (Å²) in [4.78, 5) is 23.5. The van der Waals surface area contributed by atoms with E-state index in [-0.39, 0.29) is 11.4 Å². The number of nitro benzene ring substituents is 1. The van der Waals surface area contributed by atoms with Crippen molar-refractivity contribution in [3.05, 3.63) is 106 Å². The Bertz CT molecular complexity index is 1230. The van der Waals surface area contributed by atoms with Gasteiger partial charge in [0.25, 0.3) is 5.69 Å². The van der Waals surface area contributed by atoms with Gasteiger partial charge in [-0.15, -0.1) is 0 Å². The Labute approximate surface area is 186 Å². The standard InChI is InChI=1S/C23H23N3O5S/c1-17-8-6-11-19(14-17)23(18-9-4-3-5-10-18)24-22(27)16-25(32(2,30)31)20-12-7-13-21(15-20)26(28)29/h3-15,23H,16H2,1-2H3,(H,24,27). The Kier molecular flexibility index (Phi) is 6.89. The van der Waals surface area contributed by atoms with Crippen LogP contribution in [0.1, 0.15) is 22.7 Å². The highest BCUT2D eigenvalue weighted by Gasteiger charge is 2.25. The third-order valence-electron chi connectivity index (χ3n) is 4.83. The van der Waals surface area contributed by atoms with Crippen LogP contribution in [0.2, 0.25) is 0 Å². The van der Waals surface area contributed by atoms with E-state index in [1.54, 1.807) is 0 Å². The molecule has 0 fully saturated rings. The molecule has 1 N–H and O–H groups in total. The molecule has 0 bridgehead atoms. The maximum atomic E-state index is 13.0. The number of hydrogen-bond acceptors (Lipinski definition) is 5. The van der Waals surface area contributed by atoms with Gasteiger partial charge in [0.1, 0.15) is 6.54 Å². The van der Waals surface area contributed by atoms with Crippen molar-refractivity contribution in [1.29, 1.82) is 0 Å². The molecule has 32 heavy (non-hydrogen) atoms. The minimum Gasteiger partial charge on any atom is -0.344 e. The van der Waals surface area contributed by atoms with Crippen molar-refractivity contribution in [2.24, 2.45) is 0 Å². The summed E-state index contributed by atoms with van der Waals surface area (Å²) in [5.74, 6) is -0.544. The highest BCUT2D eigenvalue weighted by Crippen LogP contribution is 2.25. The van der Waals surface area contributed by atoms with Crippen molar-refractivity contribution in [3.63, 3.8) is 0 Å². The molecule has 9 heteroatoms. The number of rotatable bonds is 8. The number of hydrogen-bond donors (Lipinski definition) is 1. The van der Waals surface area contributed by atoms with E-state index >= 15 is 0 Å². The van der Waals surface area contributed by atoms with Gasteiger partial charge in [-0.2, -0.15) is 0 Å². The normalized spacial score (nSPS) is 12.1. The molecule has 8 nitrogen and oxygen atoms in total. The highest BCUT2D eigenvalue weighted by molar-refractivity contribution is 7.92. The Morgan fingerprint density at radius 2 is 1.66 bits per heavy atom. The molecule has 1 atom stereocenters. The number of amides is 1. The lowest BCUT2D eigenvalue weighted by atomic mass is 9.97. The zero-order valence-electron chi connectivity index (χ0n) is 17.6. The molecular formula is C23H23N3O5S. The number of benzene rings is 3. The van der Waals surface area contributed by atoms with E-state index in [1.807, 2.05) is 61.5 Å². The van der Waals surface area contributed by atoms with E-state index in [1.165, 1.54) is 18.2 Å². The fourth-order valence-electron chi connectivity index (χ4n) is 3.35. The molecule has 0 aliphatic carbocycles. The van der Waals surface area contributed by atoms with E-state index in [0.717, 1.165) is 33.3 Å². The largest absolute Gasteiger partial charge is 0.344 e. The third kappa shape index (κ3) is 5.70. The smallest absolute Gasteiger partial charge is 0.271 e. The Morgan fingerprint density at radius 3 is 2.28 bits per heavy atom. The van der Waals surface area contributed by atoms with E-state index in [0.29, 0.717) is 0 Å². The van der Waals surface area contributed by atoms with Gasteiger partial charge < -0.3 is 5.32 Å². The number of anilines is 1. The summed E-state index contributed by atoms with van der Waals surface area (Å²) < 4.78 is 25.6. The van der Waals surface area contributed by atoms with E-state index in [4.69, 9.17) is 0 Å². The molecule has 0 radical (unpaired) electrons. The number of carbonyl (C=O) groups excluding carboxylic acids is 1. The van der Waals surface area contributed by atoms with Crippen LogP contribution < -0.4 is 9.62 Å². The van der Waals surface area contributed by atoms with Crippen LogP contribution in [0, 0.1) is 17.0 Å². The van der Waals surface area contributed by atoms with E-state index < -0.39 is 33.4 Å². The van der Waals surface area contributed by atoms with Crippen LogP contribution in [0.4, 0.5) is 11.4 Å². The summed E-state index contributed by atoms with van der Waals surface area (Å²) in [7, 11) is -3.88. The van der Waals surface area contributed by atoms with Crippen LogP contribution in [-0.4, -0.2) is 32.0 Å². The third-order valence-corrected chi connectivity index (χ3v) is 5.97. The van der Waals surface area contributed by atoms with Gasteiger partial charge in [0.05, 0.1) is 22.9 Å². The van der Waals surface area contributed by atoms with Crippen molar-refractivity contribution in [1.82, 2.24) is 5.32 Å². The second-order valence-electron chi connectivity index (χ2n) is 7.37. The highest BCUT2D eigenvalue weighted by atomic mass is 32.2. The van der Waals surface area contributed by atoms with Crippen molar-refractivity contribution in [2.45, 2.75) is 13.0 Å². The van der Waals surface area contributed by atoms with Gasteiger partial charge in [-0.05, 0) is 24.1 Å². The first-order valence-electron chi connectivity index (χ1n) is 9.78. The van der Waals surface area contributed by atoms with Crippen LogP contribution >= 0.6 is 0 Å². The van der Waals surface area contributed by atoms with Gasteiger partial charge >= 0.3 is 0 Å². The second kappa shape index (κ2) is 9.61. The number of sulfonamides is 1. The molecule has 0 aliphatic rings. The summed E-state index contributed by atoms with van der Waals surface area (Å²) in [6, 6.07) is 21.7. The molecule has 0 heterocycles. The van der Waals surface area contributed by atoms with Gasteiger partial charge in [-0.1, -0.05) is 66.2 Å². The van der Waals surface area contributed by atoms with Crippen molar-refractivity contribution < 1.29 is 18.1 Å². The maximum absolute atomic E-state index is 13.0. The van der Waals surface area contributed by atoms with Crippen molar-refractivity contribution in [2.75, 3.05) is 17.1 Å². The Hall–Kier alpha value is -3.72.